The highest BCUT2D eigenvalue weighted by molar-refractivity contribution is 5.84. The van der Waals surface area contributed by atoms with Gasteiger partial charge in [0.15, 0.2) is 0 Å². The van der Waals surface area contributed by atoms with E-state index < -0.39 is 11.4 Å². The Morgan fingerprint density at radius 2 is 2.10 bits per heavy atom. The van der Waals surface area contributed by atoms with E-state index in [1.807, 2.05) is 38.1 Å². The number of aliphatic hydroxyl groups is 1. The molecule has 0 fully saturated rings. The molecule has 0 aliphatic carbocycles. The highest BCUT2D eigenvalue weighted by Gasteiger charge is 2.32. The van der Waals surface area contributed by atoms with E-state index in [4.69, 9.17) is 15.6 Å². The van der Waals surface area contributed by atoms with Gasteiger partial charge in [0, 0.05) is 12.6 Å². The summed E-state index contributed by atoms with van der Waals surface area (Å²) in [5.74, 6) is 0.213. The number of ether oxygens (including phenoxy) is 1. The Morgan fingerprint density at radius 1 is 1.45 bits per heavy atom. The van der Waals surface area contributed by atoms with E-state index >= 15 is 0 Å². The van der Waals surface area contributed by atoms with Gasteiger partial charge in [-0.25, -0.2) is 0 Å². The van der Waals surface area contributed by atoms with Gasteiger partial charge in [-0.15, -0.1) is 0 Å². The average molecular weight is 280 g/mol. The van der Waals surface area contributed by atoms with Crippen LogP contribution in [0.3, 0.4) is 0 Å². The molecule has 0 heterocycles. The van der Waals surface area contributed by atoms with Gasteiger partial charge in [-0.05, 0) is 38.8 Å². The van der Waals surface area contributed by atoms with Crippen LogP contribution in [0.4, 0.5) is 0 Å². The van der Waals surface area contributed by atoms with Crippen molar-refractivity contribution in [3.63, 3.8) is 0 Å². The van der Waals surface area contributed by atoms with E-state index in [0.717, 1.165) is 5.56 Å². The summed E-state index contributed by atoms with van der Waals surface area (Å²) in [7, 11) is 0. The number of aliphatic hydroxyl groups excluding tert-OH is 1. The maximum Gasteiger partial charge on any atom is 0.240 e. The summed E-state index contributed by atoms with van der Waals surface area (Å²) in [6, 6.07) is 7.57. The first-order chi connectivity index (χ1) is 9.39. The molecule has 0 aromatic heterocycles. The molecule has 5 nitrogen and oxygen atoms in total. The molecule has 0 radical (unpaired) electrons. The highest BCUT2D eigenvalue weighted by atomic mass is 16.5. The molecular formula is C15H24N2O3. The molecule has 0 aliphatic heterocycles. The Labute approximate surface area is 120 Å². The van der Waals surface area contributed by atoms with Gasteiger partial charge in [-0.1, -0.05) is 18.2 Å². The molecule has 1 rings (SSSR count). The van der Waals surface area contributed by atoms with Crippen LogP contribution in [0.1, 0.15) is 26.3 Å². The normalized spacial score (nSPS) is 14.1. The predicted molar refractivity (Wildman–Crippen MR) is 78.6 cm³/mol. The van der Waals surface area contributed by atoms with Gasteiger partial charge < -0.3 is 15.6 Å². The standard InChI is InChI=1S/C15H24N2O3/c1-11(2)17-15(3,14(16)19)10-20-13-7-5-4-6-12(13)8-9-18/h4-7,11,17-18H,8-10H2,1-3H3,(H2,16,19). The fourth-order valence-electron chi connectivity index (χ4n) is 2.01. The van der Waals surface area contributed by atoms with Crippen LogP contribution in [-0.4, -0.2) is 35.8 Å². The van der Waals surface area contributed by atoms with Gasteiger partial charge >= 0.3 is 0 Å². The molecule has 1 aromatic rings. The summed E-state index contributed by atoms with van der Waals surface area (Å²) in [6.07, 6.45) is 0.515. The van der Waals surface area contributed by atoms with Crippen LogP contribution in [-0.2, 0) is 11.2 Å². The zero-order chi connectivity index (χ0) is 15.2. The summed E-state index contributed by atoms with van der Waals surface area (Å²) in [6.45, 7) is 5.81. The molecule has 1 unspecified atom stereocenters. The quantitative estimate of drug-likeness (QED) is 0.659. The van der Waals surface area contributed by atoms with Gasteiger partial charge in [-0.3, -0.25) is 10.1 Å². The molecule has 1 atom stereocenters. The number of nitrogens with one attached hydrogen (secondary N) is 1. The van der Waals surface area contributed by atoms with E-state index in [2.05, 4.69) is 5.32 Å². The first kappa shape index (κ1) is 16.5. The lowest BCUT2D eigenvalue weighted by Crippen LogP contribution is -2.59. The number of carbonyl (C=O) groups is 1. The van der Waals surface area contributed by atoms with Crippen molar-refractivity contribution in [1.82, 2.24) is 5.32 Å². The Bertz CT molecular complexity index is 448. The predicted octanol–water partition coefficient (Wildman–Crippen LogP) is 0.842. The second-order valence-electron chi connectivity index (χ2n) is 5.37. The number of nitrogens with two attached hydrogens (primary N) is 1. The number of primary amides is 1. The smallest absolute Gasteiger partial charge is 0.240 e. The van der Waals surface area contributed by atoms with Crippen molar-refractivity contribution in [1.29, 1.82) is 0 Å². The van der Waals surface area contributed by atoms with Crippen molar-refractivity contribution < 1.29 is 14.6 Å². The van der Waals surface area contributed by atoms with Gasteiger partial charge in [0.25, 0.3) is 0 Å². The molecule has 5 heteroatoms. The number of hydrogen-bond donors (Lipinski definition) is 3. The van der Waals surface area contributed by atoms with Crippen molar-refractivity contribution >= 4 is 5.91 Å². The Balaban J connectivity index is 2.80. The molecule has 0 aliphatic rings. The lowest BCUT2D eigenvalue weighted by atomic mass is 10.0. The average Bonchev–Trinajstić information content (AvgIpc) is 2.37. The number of hydrogen-bond acceptors (Lipinski definition) is 4. The third kappa shape index (κ3) is 4.51. The molecule has 112 valence electrons. The van der Waals surface area contributed by atoms with E-state index in [1.54, 1.807) is 6.92 Å². The van der Waals surface area contributed by atoms with E-state index in [9.17, 15) is 4.79 Å². The molecule has 0 saturated carbocycles. The molecule has 1 aromatic carbocycles. The third-order valence-electron chi connectivity index (χ3n) is 3.02. The number of carbonyl (C=O) groups excluding carboxylic acids is 1. The van der Waals surface area contributed by atoms with Gasteiger partial charge in [0.2, 0.25) is 5.91 Å². The van der Waals surface area contributed by atoms with Crippen LogP contribution in [0.25, 0.3) is 0 Å². The summed E-state index contributed by atoms with van der Waals surface area (Å²) in [4.78, 5) is 11.6. The topological polar surface area (TPSA) is 84.6 Å². The van der Waals surface area contributed by atoms with E-state index in [0.29, 0.717) is 12.2 Å². The zero-order valence-electron chi connectivity index (χ0n) is 12.3. The highest BCUT2D eigenvalue weighted by Crippen LogP contribution is 2.20. The summed E-state index contributed by atoms with van der Waals surface area (Å²) < 4.78 is 5.74. The third-order valence-corrected chi connectivity index (χ3v) is 3.02. The van der Waals surface area contributed by atoms with Crippen molar-refractivity contribution in [2.45, 2.75) is 38.8 Å². The van der Waals surface area contributed by atoms with Crippen LogP contribution in [0.2, 0.25) is 0 Å². The molecule has 0 spiro atoms. The van der Waals surface area contributed by atoms with Crippen LogP contribution in [0.5, 0.6) is 5.75 Å². The Kier molecular flexibility index (Phi) is 5.98. The van der Waals surface area contributed by atoms with Crippen LogP contribution in [0.15, 0.2) is 24.3 Å². The minimum absolute atomic E-state index is 0.0533. The Morgan fingerprint density at radius 3 is 2.65 bits per heavy atom. The molecule has 1 amide bonds. The minimum atomic E-state index is -0.930. The summed E-state index contributed by atoms with van der Waals surface area (Å²) in [5.41, 5.74) is 5.44. The van der Waals surface area contributed by atoms with Crippen molar-refractivity contribution in [2.75, 3.05) is 13.2 Å². The lowest BCUT2D eigenvalue weighted by Gasteiger charge is -2.30. The van der Waals surface area contributed by atoms with Crippen molar-refractivity contribution in [3.8, 4) is 5.75 Å². The Hall–Kier alpha value is -1.59. The summed E-state index contributed by atoms with van der Waals surface area (Å²) >= 11 is 0. The number of amides is 1. The van der Waals surface area contributed by atoms with Crippen LogP contribution < -0.4 is 15.8 Å². The number of benzene rings is 1. The molecule has 0 saturated heterocycles. The summed E-state index contributed by atoms with van der Waals surface area (Å²) in [5, 5.41) is 12.2. The number of para-hydroxylation sites is 1. The fraction of sp³-hybridized carbons (Fsp3) is 0.533. The molecular weight excluding hydrogens is 256 g/mol. The maximum absolute atomic E-state index is 11.6. The lowest BCUT2D eigenvalue weighted by molar-refractivity contribution is -0.125. The van der Waals surface area contributed by atoms with E-state index in [1.165, 1.54) is 0 Å². The maximum atomic E-state index is 11.6. The molecule has 20 heavy (non-hydrogen) atoms. The molecule has 0 bridgehead atoms. The number of rotatable bonds is 8. The fourth-order valence-corrected chi connectivity index (χ4v) is 2.01. The van der Waals surface area contributed by atoms with Gasteiger partial charge in [-0.2, -0.15) is 0 Å². The molecule has 4 N–H and O–H groups in total. The minimum Gasteiger partial charge on any atom is -0.491 e. The van der Waals surface area contributed by atoms with Crippen molar-refractivity contribution in [3.05, 3.63) is 29.8 Å². The monoisotopic (exact) mass is 280 g/mol. The first-order valence-electron chi connectivity index (χ1n) is 6.78. The second kappa shape index (κ2) is 7.26. The van der Waals surface area contributed by atoms with Gasteiger partial charge in [0.05, 0.1) is 0 Å². The van der Waals surface area contributed by atoms with Crippen LogP contribution >= 0.6 is 0 Å². The van der Waals surface area contributed by atoms with Gasteiger partial charge in [0.1, 0.15) is 17.9 Å². The first-order valence-corrected chi connectivity index (χ1v) is 6.78. The van der Waals surface area contributed by atoms with Crippen LogP contribution in [0, 0.1) is 0 Å². The zero-order valence-corrected chi connectivity index (χ0v) is 12.3. The SMILES string of the molecule is CC(C)NC(C)(COc1ccccc1CCO)C(N)=O. The second-order valence-corrected chi connectivity index (χ2v) is 5.37. The van der Waals surface area contributed by atoms with Crippen molar-refractivity contribution in [2.24, 2.45) is 5.73 Å². The van der Waals surface area contributed by atoms with E-state index in [-0.39, 0.29) is 19.3 Å². The largest absolute Gasteiger partial charge is 0.491 e.